The number of hydrogen-bond donors (Lipinski definition) is 0. The van der Waals surface area contributed by atoms with E-state index in [9.17, 15) is 0 Å². The third-order valence-electron chi connectivity index (χ3n) is 7.36. The van der Waals surface area contributed by atoms with Crippen LogP contribution in [-0.4, -0.2) is 13.4 Å². The Morgan fingerprint density at radius 2 is 1.31 bits per heavy atom. The van der Waals surface area contributed by atoms with Crippen LogP contribution in [-0.2, 0) is 0 Å². The lowest BCUT2D eigenvalue weighted by Gasteiger charge is -2.20. The molecule has 0 N–H and O–H groups in total. The van der Waals surface area contributed by atoms with Crippen molar-refractivity contribution in [1.29, 1.82) is 0 Å². The van der Waals surface area contributed by atoms with Crippen LogP contribution in [0.5, 0.6) is 0 Å². The first kappa shape index (κ1) is 21.9. The summed E-state index contributed by atoms with van der Waals surface area (Å²) >= 11 is 0. The minimum atomic E-state index is -0.649. The number of para-hydroxylation sites is 1. The molecule has 2 heteroatoms. The molecule has 1 nitrogen and oxygen atoms in total. The zero-order chi connectivity index (χ0) is 24.3. The van der Waals surface area contributed by atoms with Crippen LogP contribution in [0.3, 0.4) is 0 Å². The molecule has 0 fully saturated rings. The van der Waals surface area contributed by atoms with Crippen LogP contribution >= 0.6 is 0 Å². The van der Waals surface area contributed by atoms with Gasteiger partial charge in [-0.1, -0.05) is 85.0 Å². The minimum Gasteiger partial charge on any atom is -0.314 e. The molecule has 6 rings (SSSR count). The first-order chi connectivity index (χ1) is 17.0. The molecule has 3 aromatic carbocycles. The Morgan fingerprint density at radius 3 is 2.00 bits per heavy atom. The fourth-order valence-corrected chi connectivity index (χ4v) is 7.08. The minimum absolute atomic E-state index is 0.649. The Bertz CT molecular complexity index is 1560. The second kappa shape index (κ2) is 8.25. The molecule has 0 amide bonds. The number of nitrogens with zero attached hydrogens (tertiary/aromatic N) is 1. The average Bonchev–Trinajstić information content (AvgIpc) is 3.46. The van der Waals surface area contributed by atoms with Crippen molar-refractivity contribution in [2.75, 3.05) is 0 Å². The van der Waals surface area contributed by atoms with Crippen molar-refractivity contribution in [3.8, 4) is 16.8 Å². The van der Waals surface area contributed by atoms with E-state index >= 15 is 0 Å². The molecule has 1 aromatic heterocycles. The fourth-order valence-electron chi connectivity index (χ4n) is 5.90. The standard InChI is InChI=1S/C33H30NSi/c1-21-18-25-16-17-29(35(4)5)32(24-12-8-6-9-13-24)33(25)31(21)30-22(2)19-28-27(30)20-23(3)34(28)26-14-10-7-11-15-26/h6-20H,1-5H3. The lowest BCUT2D eigenvalue weighted by Crippen LogP contribution is -2.26. The predicted molar refractivity (Wildman–Crippen MR) is 154 cm³/mol. The summed E-state index contributed by atoms with van der Waals surface area (Å²) in [7, 11) is -0.649. The zero-order valence-electron chi connectivity index (χ0n) is 21.1. The lowest BCUT2D eigenvalue weighted by molar-refractivity contribution is 1.00. The van der Waals surface area contributed by atoms with Crippen LogP contribution < -0.4 is 5.19 Å². The molecule has 0 saturated carbocycles. The van der Waals surface area contributed by atoms with Gasteiger partial charge in [-0.2, -0.15) is 0 Å². The summed E-state index contributed by atoms with van der Waals surface area (Å²) in [5, 5.41) is 1.51. The van der Waals surface area contributed by atoms with Crippen LogP contribution in [0, 0.1) is 6.92 Å². The van der Waals surface area contributed by atoms with E-state index in [1.807, 2.05) is 0 Å². The van der Waals surface area contributed by atoms with Crippen molar-refractivity contribution < 1.29 is 0 Å². The van der Waals surface area contributed by atoms with Gasteiger partial charge in [0.05, 0.1) is 14.5 Å². The van der Waals surface area contributed by atoms with E-state index in [4.69, 9.17) is 0 Å². The summed E-state index contributed by atoms with van der Waals surface area (Å²) < 4.78 is 2.40. The number of aryl methyl sites for hydroxylation is 1. The van der Waals surface area contributed by atoms with Gasteiger partial charge in [-0.15, -0.1) is 0 Å². The number of fused-ring (bicyclic) bond motifs is 2. The molecule has 0 aliphatic heterocycles. The van der Waals surface area contributed by atoms with Crippen LogP contribution in [0.2, 0.25) is 13.1 Å². The van der Waals surface area contributed by atoms with Crippen LogP contribution in [0.25, 0.3) is 40.1 Å². The molecular weight excluding hydrogens is 438 g/mol. The van der Waals surface area contributed by atoms with Gasteiger partial charge in [0.1, 0.15) is 0 Å². The number of aromatic nitrogens is 1. The highest BCUT2D eigenvalue weighted by atomic mass is 28.3. The number of allylic oxidation sites excluding steroid dienone is 4. The summed E-state index contributed by atoms with van der Waals surface area (Å²) in [6.07, 6.45) is 4.77. The third kappa shape index (κ3) is 3.36. The second-order valence-electron chi connectivity index (χ2n) is 9.98. The predicted octanol–water partition coefficient (Wildman–Crippen LogP) is 8.16. The molecule has 2 aliphatic rings. The number of hydrogen-bond acceptors (Lipinski definition) is 0. The van der Waals surface area contributed by atoms with E-state index in [1.165, 1.54) is 72.4 Å². The van der Waals surface area contributed by atoms with Crippen molar-refractivity contribution in [2.45, 2.75) is 33.9 Å². The first-order valence-corrected chi connectivity index (χ1v) is 14.9. The largest absolute Gasteiger partial charge is 0.314 e. The topological polar surface area (TPSA) is 4.93 Å². The van der Waals surface area contributed by atoms with Gasteiger partial charge in [-0.25, -0.2) is 0 Å². The van der Waals surface area contributed by atoms with E-state index in [0.717, 1.165) is 0 Å². The monoisotopic (exact) mass is 468 g/mol. The van der Waals surface area contributed by atoms with E-state index < -0.39 is 8.80 Å². The molecular formula is C33H30NSi. The number of rotatable bonds is 3. The molecule has 171 valence electrons. The fraction of sp³-hybridized carbons (Fsp3) is 0.152. The van der Waals surface area contributed by atoms with Crippen molar-refractivity contribution in [1.82, 2.24) is 4.57 Å². The molecule has 0 bridgehead atoms. The molecule has 0 saturated heterocycles. The summed E-state index contributed by atoms with van der Waals surface area (Å²) in [4.78, 5) is 0. The SMILES string of the molecule is CC1=Cc2c(cc(C)n2-c2ccccc2)C1=C1C(C)=Cc2ccc([Si](C)C)c(-c3ccccc3)c21. The Labute approximate surface area is 210 Å². The normalized spacial score (nSPS) is 16.4. The van der Waals surface area contributed by atoms with Gasteiger partial charge in [0.15, 0.2) is 0 Å². The van der Waals surface area contributed by atoms with Crippen LogP contribution in [0.15, 0.2) is 90.0 Å². The highest BCUT2D eigenvalue weighted by Crippen LogP contribution is 2.50. The summed E-state index contributed by atoms with van der Waals surface area (Å²) in [6, 6.07) is 28.8. The quantitative estimate of drug-likeness (QED) is 0.267. The maximum atomic E-state index is 2.41. The van der Waals surface area contributed by atoms with E-state index in [1.54, 1.807) is 0 Å². The first-order valence-electron chi connectivity index (χ1n) is 12.4. The second-order valence-corrected chi connectivity index (χ2v) is 12.5. The van der Waals surface area contributed by atoms with Crippen LogP contribution in [0.1, 0.15) is 41.9 Å². The maximum Gasteiger partial charge on any atom is 0.0800 e. The number of benzene rings is 3. The van der Waals surface area contributed by atoms with Crippen molar-refractivity contribution >= 4 is 37.3 Å². The van der Waals surface area contributed by atoms with Gasteiger partial charge >= 0.3 is 0 Å². The molecule has 0 unspecified atom stereocenters. The van der Waals surface area contributed by atoms with Gasteiger partial charge in [0.2, 0.25) is 0 Å². The Morgan fingerprint density at radius 1 is 0.657 bits per heavy atom. The van der Waals surface area contributed by atoms with Crippen molar-refractivity contribution in [3.05, 3.63) is 118 Å². The maximum absolute atomic E-state index is 2.41. The Balaban J connectivity index is 1.66. The smallest absolute Gasteiger partial charge is 0.0800 e. The van der Waals surface area contributed by atoms with Gasteiger partial charge in [-0.05, 0) is 89.6 Å². The molecule has 0 atom stereocenters. The molecule has 1 heterocycles. The summed E-state index contributed by atoms with van der Waals surface area (Å²) in [6.45, 7) is 11.6. The Hall–Kier alpha value is -3.62. The summed E-state index contributed by atoms with van der Waals surface area (Å²) in [5.41, 5.74) is 16.1. The van der Waals surface area contributed by atoms with Gasteiger partial charge in [-0.3, -0.25) is 0 Å². The lowest BCUT2D eigenvalue weighted by atomic mass is 9.87. The summed E-state index contributed by atoms with van der Waals surface area (Å²) in [5.74, 6) is 0. The van der Waals surface area contributed by atoms with Crippen molar-refractivity contribution in [3.63, 3.8) is 0 Å². The van der Waals surface area contributed by atoms with Gasteiger partial charge < -0.3 is 4.57 Å². The van der Waals surface area contributed by atoms with E-state index in [0.29, 0.717) is 0 Å². The molecule has 2 aliphatic carbocycles. The zero-order valence-corrected chi connectivity index (χ0v) is 22.1. The van der Waals surface area contributed by atoms with E-state index in [2.05, 4.69) is 129 Å². The van der Waals surface area contributed by atoms with Crippen molar-refractivity contribution in [2.24, 2.45) is 0 Å². The Kier molecular flexibility index (Phi) is 5.16. The van der Waals surface area contributed by atoms with E-state index in [-0.39, 0.29) is 0 Å². The molecule has 35 heavy (non-hydrogen) atoms. The van der Waals surface area contributed by atoms with Gasteiger partial charge in [0.25, 0.3) is 0 Å². The highest BCUT2D eigenvalue weighted by molar-refractivity contribution is 6.72. The van der Waals surface area contributed by atoms with Gasteiger partial charge in [0, 0.05) is 16.9 Å². The molecule has 4 aromatic rings. The molecule has 1 radical (unpaired) electrons. The average molecular weight is 469 g/mol. The molecule has 0 spiro atoms. The highest BCUT2D eigenvalue weighted by Gasteiger charge is 2.31. The van der Waals surface area contributed by atoms with Crippen LogP contribution in [0.4, 0.5) is 0 Å². The third-order valence-corrected chi connectivity index (χ3v) is 8.85.